The van der Waals surface area contributed by atoms with Gasteiger partial charge in [0.05, 0.1) is 0 Å². The van der Waals surface area contributed by atoms with E-state index in [2.05, 4.69) is 52.4 Å². The molecule has 0 bridgehead atoms. The maximum atomic E-state index is 2.28. The number of hydrogen-bond acceptors (Lipinski definition) is 2. The molecule has 0 aromatic carbocycles. The number of thioether (sulfide) groups is 2. The molecule has 0 fully saturated rings. The summed E-state index contributed by atoms with van der Waals surface area (Å²) in [5.41, 5.74) is 0.183. The van der Waals surface area contributed by atoms with Crippen LogP contribution in [0.5, 0.6) is 0 Å². The molecule has 13 heavy (non-hydrogen) atoms. The maximum absolute atomic E-state index is 2.28. The Morgan fingerprint density at radius 1 is 0.923 bits per heavy atom. The Balaban J connectivity index is 4.93. The first-order valence-electron chi connectivity index (χ1n) is 4.46. The standard InChI is InChI=1S/C11H20S2/c1-7-9(12-5)11(3,4)10(8-2)13-6/h7-8H,1-6H3/b9-7-,10-8+. The summed E-state index contributed by atoms with van der Waals surface area (Å²) in [6, 6.07) is 0. The van der Waals surface area contributed by atoms with Crippen molar-refractivity contribution in [2.75, 3.05) is 12.5 Å². The average molecular weight is 216 g/mol. The van der Waals surface area contributed by atoms with Crippen molar-refractivity contribution in [1.82, 2.24) is 0 Å². The van der Waals surface area contributed by atoms with Gasteiger partial charge in [-0.2, -0.15) is 0 Å². The Morgan fingerprint density at radius 2 is 1.23 bits per heavy atom. The molecule has 0 atom stereocenters. The van der Waals surface area contributed by atoms with Gasteiger partial charge in [0.2, 0.25) is 0 Å². The number of allylic oxidation sites excluding steroid dienone is 4. The van der Waals surface area contributed by atoms with Gasteiger partial charge in [-0.3, -0.25) is 0 Å². The highest BCUT2D eigenvalue weighted by Gasteiger charge is 2.25. The fourth-order valence-corrected chi connectivity index (χ4v) is 3.37. The topological polar surface area (TPSA) is 0 Å². The Bertz CT molecular complexity index is 190. The van der Waals surface area contributed by atoms with Gasteiger partial charge in [0.1, 0.15) is 0 Å². The third kappa shape index (κ3) is 3.10. The molecule has 0 rings (SSSR count). The van der Waals surface area contributed by atoms with Gasteiger partial charge in [0, 0.05) is 5.41 Å². The van der Waals surface area contributed by atoms with Crippen molar-refractivity contribution in [3.05, 3.63) is 22.0 Å². The molecule has 0 aliphatic rings. The van der Waals surface area contributed by atoms with Gasteiger partial charge >= 0.3 is 0 Å². The molecule has 0 unspecified atom stereocenters. The van der Waals surface area contributed by atoms with Gasteiger partial charge in [0.15, 0.2) is 0 Å². The molecular weight excluding hydrogens is 196 g/mol. The van der Waals surface area contributed by atoms with Gasteiger partial charge < -0.3 is 0 Å². The summed E-state index contributed by atoms with van der Waals surface area (Å²) in [7, 11) is 0. The first-order chi connectivity index (χ1) is 6.04. The highest BCUT2D eigenvalue weighted by molar-refractivity contribution is 8.03. The summed E-state index contributed by atoms with van der Waals surface area (Å²) in [4.78, 5) is 2.88. The van der Waals surface area contributed by atoms with Crippen LogP contribution in [0.4, 0.5) is 0 Å². The van der Waals surface area contributed by atoms with E-state index in [0.29, 0.717) is 0 Å². The molecular formula is C11H20S2. The van der Waals surface area contributed by atoms with E-state index in [1.165, 1.54) is 9.81 Å². The highest BCUT2D eigenvalue weighted by Crippen LogP contribution is 2.44. The molecule has 0 spiro atoms. The van der Waals surface area contributed by atoms with Crippen LogP contribution in [0.3, 0.4) is 0 Å². The molecule has 0 N–H and O–H groups in total. The summed E-state index contributed by atoms with van der Waals surface area (Å²) < 4.78 is 0. The van der Waals surface area contributed by atoms with E-state index in [-0.39, 0.29) is 5.41 Å². The first kappa shape index (κ1) is 13.2. The summed E-state index contributed by atoms with van der Waals surface area (Å²) in [5, 5.41) is 0. The Kier molecular flexibility index (Phi) is 5.90. The van der Waals surface area contributed by atoms with Crippen molar-refractivity contribution >= 4 is 23.5 Å². The van der Waals surface area contributed by atoms with Gasteiger partial charge in [0.25, 0.3) is 0 Å². The summed E-state index contributed by atoms with van der Waals surface area (Å²) in [5.74, 6) is 0. The van der Waals surface area contributed by atoms with Crippen molar-refractivity contribution < 1.29 is 0 Å². The largest absolute Gasteiger partial charge is 0.133 e. The lowest BCUT2D eigenvalue weighted by Gasteiger charge is -2.29. The van der Waals surface area contributed by atoms with Crippen LogP contribution in [0, 0.1) is 5.41 Å². The molecule has 0 aromatic heterocycles. The zero-order chi connectivity index (χ0) is 10.5. The van der Waals surface area contributed by atoms with E-state index in [4.69, 9.17) is 0 Å². The Labute approximate surface area is 91.3 Å². The van der Waals surface area contributed by atoms with Crippen molar-refractivity contribution in [3.63, 3.8) is 0 Å². The summed E-state index contributed by atoms with van der Waals surface area (Å²) >= 11 is 3.69. The van der Waals surface area contributed by atoms with Crippen LogP contribution in [0.25, 0.3) is 0 Å². The van der Waals surface area contributed by atoms with Gasteiger partial charge in [-0.05, 0) is 36.2 Å². The number of rotatable bonds is 4. The smallest absolute Gasteiger partial charge is 0.0259 e. The average Bonchev–Trinajstić information content (AvgIpc) is 2.07. The van der Waals surface area contributed by atoms with E-state index >= 15 is 0 Å². The van der Waals surface area contributed by atoms with Crippen molar-refractivity contribution in [2.24, 2.45) is 5.41 Å². The Hall–Kier alpha value is 0.180. The monoisotopic (exact) mass is 216 g/mol. The van der Waals surface area contributed by atoms with Gasteiger partial charge in [-0.25, -0.2) is 0 Å². The van der Waals surface area contributed by atoms with Crippen molar-refractivity contribution in [2.45, 2.75) is 27.7 Å². The molecule has 76 valence electrons. The summed E-state index contributed by atoms with van der Waals surface area (Å²) in [6.45, 7) is 8.79. The minimum Gasteiger partial charge on any atom is -0.133 e. The van der Waals surface area contributed by atoms with Crippen LogP contribution in [0.1, 0.15) is 27.7 Å². The SMILES string of the molecule is C/C=C(\SC)C(C)(C)/C(=C\C)SC. The fraction of sp³-hybridized carbons (Fsp3) is 0.636. The quantitative estimate of drug-likeness (QED) is 0.676. The molecule has 0 saturated heterocycles. The van der Waals surface area contributed by atoms with E-state index in [9.17, 15) is 0 Å². The third-order valence-corrected chi connectivity index (χ3v) is 4.57. The van der Waals surface area contributed by atoms with Crippen LogP contribution in [0.15, 0.2) is 22.0 Å². The zero-order valence-corrected chi connectivity index (χ0v) is 11.1. The summed E-state index contributed by atoms with van der Waals surface area (Å²) in [6.07, 6.45) is 8.71. The molecule has 0 aliphatic carbocycles. The maximum Gasteiger partial charge on any atom is 0.0259 e. The lowest BCUT2D eigenvalue weighted by molar-refractivity contribution is 0.600. The molecule has 0 heterocycles. The van der Waals surface area contributed by atoms with E-state index in [1.807, 2.05) is 23.5 Å². The minimum atomic E-state index is 0.183. The second-order valence-electron chi connectivity index (χ2n) is 3.34. The lowest BCUT2D eigenvalue weighted by atomic mass is 9.91. The molecule has 0 saturated carbocycles. The molecule has 2 heteroatoms. The second kappa shape index (κ2) is 5.82. The predicted molar refractivity (Wildman–Crippen MR) is 68.3 cm³/mol. The zero-order valence-electron chi connectivity index (χ0n) is 9.47. The second-order valence-corrected chi connectivity index (χ2v) is 5.04. The highest BCUT2D eigenvalue weighted by atomic mass is 32.2. The molecule has 0 aliphatic heterocycles. The van der Waals surface area contributed by atoms with E-state index < -0.39 is 0 Å². The predicted octanol–water partition coefficient (Wildman–Crippen LogP) is 4.55. The van der Waals surface area contributed by atoms with Crippen LogP contribution in [0.2, 0.25) is 0 Å². The number of hydrogen-bond donors (Lipinski definition) is 0. The molecule has 0 radical (unpaired) electrons. The lowest BCUT2D eigenvalue weighted by Crippen LogP contribution is -2.14. The molecule has 0 nitrogen and oxygen atoms in total. The first-order valence-corrected chi connectivity index (χ1v) is 6.91. The minimum absolute atomic E-state index is 0.183. The van der Waals surface area contributed by atoms with Crippen LogP contribution in [-0.2, 0) is 0 Å². The Morgan fingerprint density at radius 3 is 1.38 bits per heavy atom. The molecule has 0 amide bonds. The van der Waals surface area contributed by atoms with Gasteiger partial charge in [-0.15, -0.1) is 23.5 Å². The van der Waals surface area contributed by atoms with Crippen LogP contribution < -0.4 is 0 Å². The van der Waals surface area contributed by atoms with Crippen LogP contribution >= 0.6 is 23.5 Å². The van der Waals surface area contributed by atoms with E-state index in [0.717, 1.165) is 0 Å². The third-order valence-electron chi connectivity index (χ3n) is 2.20. The molecule has 0 aromatic rings. The fourth-order valence-electron chi connectivity index (χ4n) is 1.59. The van der Waals surface area contributed by atoms with Crippen molar-refractivity contribution in [1.29, 1.82) is 0 Å². The van der Waals surface area contributed by atoms with Crippen molar-refractivity contribution in [3.8, 4) is 0 Å². The van der Waals surface area contributed by atoms with Gasteiger partial charge in [-0.1, -0.05) is 26.0 Å². The van der Waals surface area contributed by atoms with E-state index in [1.54, 1.807) is 0 Å². The van der Waals surface area contributed by atoms with Crippen LogP contribution in [-0.4, -0.2) is 12.5 Å². The normalized spacial score (nSPS) is 14.9.